The molecule has 0 saturated carbocycles. The number of nitrogens with zero attached hydrogens (tertiary/aromatic N) is 2. The van der Waals surface area contributed by atoms with E-state index >= 15 is 0 Å². The molecule has 4 rings (SSSR count). The Labute approximate surface area is 152 Å². The summed E-state index contributed by atoms with van der Waals surface area (Å²) in [5.41, 5.74) is 3.64. The lowest BCUT2D eigenvalue weighted by Gasteiger charge is -2.31. The smallest absolute Gasteiger partial charge is 0.119 e. The van der Waals surface area contributed by atoms with Crippen molar-refractivity contribution in [1.29, 1.82) is 0 Å². The van der Waals surface area contributed by atoms with Crippen LogP contribution in [0.5, 0.6) is 5.75 Å². The molecule has 0 bridgehead atoms. The third-order valence-corrected chi connectivity index (χ3v) is 5.87. The van der Waals surface area contributed by atoms with Crippen molar-refractivity contribution in [2.75, 3.05) is 20.2 Å². The van der Waals surface area contributed by atoms with Crippen LogP contribution in [0.15, 0.2) is 48.0 Å². The van der Waals surface area contributed by atoms with Crippen LogP contribution in [-0.2, 0) is 6.54 Å². The van der Waals surface area contributed by atoms with Crippen LogP contribution in [0.25, 0.3) is 11.1 Å². The summed E-state index contributed by atoms with van der Waals surface area (Å²) >= 11 is 1.85. The topological polar surface area (TPSA) is 41.1 Å². The predicted molar refractivity (Wildman–Crippen MR) is 102 cm³/mol. The van der Waals surface area contributed by atoms with Crippen molar-refractivity contribution in [1.82, 2.24) is 15.1 Å². The standard InChI is InChI=1S/C20H23N3OS/c1-24-17-5-2-4-16(12-17)19-13-21-22-20(19)15-7-9-23(10-8-15)14-18-6-3-11-25-18/h2-6,11-13,15H,7-10,14H2,1H3,(H,21,22). The van der Waals surface area contributed by atoms with Gasteiger partial charge in [-0.25, -0.2) is 0 Å². The molecule has 1 saturated heterocycles. The van der Waals surface area contributed by atoms with E-state index in [4.69, 9.17) is 4.74 Å². The van der Waals surface area contributed by atoms with Gasteiger partial charge in [-0.1, -0.05) is 18.2 Å². The largest absolute Gasteiger partial charge is 0.497 e. The van der Waals surface area contributed by atoms with Crippen LogP contribution in [-0.4, -0.2) is 35.3 Å². The molecule has 3 heterocycles. The molecule has 1 aromatic carbocycles. The number of likely N-dealkylation sites (tertiary alicyclic amines) is 1. The SMILES string of the molecule is COc1cccc(-c2cn[nH]c2C2CCN(Cc3cccs3)CC2)c1. The van der Waals surface area contributed by atoms with Gasteiger partial charge in [-0.3, -0.25) is 10.00 Å². The van der Waals surface area contributed by atoms with Gasteiger partial charge in [0.2, 0.25) is 0 Å². The minimum atomic E-state index is 0.545. The van der Waals surface area contributed by atoms with Crippen molar-refractivity contribution in [2.45, 2.75) is 25.3 Å². The van der Waals surface area contributed by atoms with Crippen LogP contribution >= 0.6 is 11.3 Å². The van der Waals surface area contributed by atoms with Crippen molar-refractivity contribution in [2.24, 2.45) is 0 Å². The molecule has 25 heavy (non-hydrogen) atoms. The van der Waals surface area contributed by atoms with Crippen LogP contribution in [0.4, 0.5) is 0 Å². The number of ether oxygens (including phenoxy) is 1. The molecule has 0 unspecified atom stereocenters. The Kier molecular flexibility index (Phi) is 4.85. The van der Waals surface area contributed by atoms with Gasteiger partial charge >= 0.3 is 0 Å². The molecule has 0 atom stereocenters. The summed E-state index contributed by atoms with van der Waals surface area (Å²) in [4.78, 5) is 4.02. The van der Waals surface area contributed by atoms with Gasteiger partial charge in [-0.2, -0.15) is 5.10 Å². The molecule has 5 heteroatoms. The number of benzene rings is 1. The molecule has 3 aromatic rings. The third kappa shape index (κ3) is 3.62. The molecule has 1 aliphatic rings. The molecular formula is C20H23N3OS. The van der Waals surface area contributed by atoms with E-state index in [1.54, 1.807) is 7.11 Å². The summed E-state index contributed by atoms with van der Waals surface area (Å²) in [6, 6.07) is 12.6. The van der Waals surface area contributed by atoms with Crippen molar-refractivity contribution < 1.29 is 4.74 Å². The van der Waals surface area contributed by atoms with E-state index in [-0.39, 0.29) is 0 Å². The van der Waals surface area contributed by atoms with Gasteiger partial charge in [0.25, 0.3) is 0 Å². The Balaban J connectivity index is 1.46. The molecular weight excluding hydrogens is 330 g/mol. The van der Waals surface area contributed by atoms with E-state index in [2.05, 4.69) is 44.7 Å². The zero-order valence-corrected chi connectivity index (χ0v) is 15.3. The first-order valence-corrected chi connectivity index (χ1v) is 9.64. The number of methoxy groups -OCH3 is 1. The number of aromatic amines is 1. The molecule has 2 aromatic heterocycles. The summed E-state index contributed by atoms with van der Waals surface area (Å²) in [6.07, 6.45) is 4.29. The lowest BCUT2D eigenvalue weighted by atomic mass is 9.89. The Morgan fingerprint density at radius 1 is 1.24 bits per heavy atom. The second kappa shape index (κ2) is 7.42. The van der Waals surface area contributed by atoms with Gasteiger partial charge in [-0.15, -0.1) is 11.3 Å². The number of rotatable bonds is 5. The molecule has 0 radical (unpaired) electrons. The Hall–Kier alpha value is -2.11. The highest BCUT2D eigenvalue weighted by atomic mass is 32.1. The highest BCUT2D eigenvalue weighted by Gasteiger charge is 2.24. The van der Waals surface area contributed by atoms with E-state index < -0.39 is 0 Å². The first-order valence-electron chi connectivity index (χ1n) is 8.76. The normalized spacial score (nSPS) is 16.2. The Morgan fingerprint density at radius 2 is 2.12 bits per heavy atom. The van der Waals surface area contributed by atoms with Crippen LogP contribution < -0.4 is 4.74 Å². The summed E-state index contributed by atoms with van der Waals surface area (Å²) in [6.45, 7) is 3.36. The minimum Gasteiger partial charge on any atom is -0.497 e. The van der Waals surface area contributed by atoms with Crippen LogP contribution in [0, 0.1) is 0 Å². The molecule has 1 aliphatic heterocycles. The summed E-state index contributed by atoms with van der Waals surface area (Å²) in [5.74, 6) is 1.43. The maximum Gasteiger partial charge on any atom is 0.119 e. The van der Waals surface area contributed by atoms with Crippen molar-refractivity contribution in [3.63, 3.8) is 0 Å². The number of piperidine rings is 1. The zero-order chi connectivity index (χ0) is 17.1. The van der Waals surface area contributed by atoms with Gasteiger partial charge in [0.15, 0.2) is 0 Å². The van der Waals surface area contributed by atoms with Crippen molar-refractivity contribution in [3.8, 4) is 16.9 Å². The first kappa shape index (κ1) is 16.4. The molecule has 4 nitrogen and oxygen atoms in total. The van der Waals surface area contributed by atoms with Gasteiger partial charge in [0, 0.05) is 28.6 Å². The summed E-state index contributed by atoms with van der Waals surface area (Å²) in [7, 11) is 1.71. The second-order valence-corrected chi connectivity index (χ2v) is 7.59. The summed E-state index contributed by atoms with van der Waals surface area (Å²) < 4.78 is 5.37. The van der Waals surface area contributed by atoms with Crippen LogP contribution in [0.1, 0.15) is 29.3 Å². The lowest BCUT2D eigenvalue weighted by Crippen LogP contribution is -2.32. The number of hydrogen-bond acceptors (Lipinski definition) is 4. The molecule has 0 amide bonds. The van der Waals surface area contributed by atoms with Crippen LogP contribution in [0.2, 0.25) is 0 Å². The fraction of sp³-hybridized carbons (Fsp3) is 0.350. The first-order chi connectivity index (χ1) is 12.3. The van der Waals surface area contributed by atoms with E-state index in [1.807, 2.05) is 29.7 Å². The number of hydrogen-bond donors (Lipinski definition) is 1. The number of nitrogens with one attached hydrogen (secondary N) is 1. The van der Waals surface area contributed by atoms with E-state index in [0.29, 0.717) is 5.92 Å². The molecule has 0 aliphatic carbocycles. The summed E-state index contributed by atoms with van der Waals surface area (Å²) in [5, 5.41) is 9.76. The molecule has 1 N–H and O–H groups in total. The van der Waals surface area contributed by atoms with E-state index in [1.165, 1.54) is 34.5 Å². The number of thiophene rings is 1. The van der Waals surface area contributed by atoms with E-state index in [0.717, 1.165) is 25.4 Å². The van der Waals surface area contributed by atoms with Gasteiger partial charge in [0.1, 0.15) is 5.75 Å². The van der Waals surface area contributed by atoms with Gasteiger partial charge in [0.05, 0.1) is 13.3 Å². The minimum absolute atomic E-state index is 0.545. The van der Waals surface area contributed by atoms with Gasteiger partial charge in [-0.05, 0) is 55.1 Å². The fourth-order valence-corrected chi connectivity index (χ4v) is 4.38. The highest BCUT2D eigenvalue weighted by molar-refractivity contribution is 7.09. The number of H-pyrrole nitrogens is 1. The second-order valence-electron chi connectivity index (χ2n) is 6.56. The highest BCUT2D eigenvalue weighted by Crippen LogP contribution is 2.35. The lowest BCUT2D eigenvalue weighted by molar-refractivity contribution is 0.205. The average molecular weight is 353 g/mol. The molecule has 1 fully saturated rings. The Bertz CT molecular complexity index is 804. The molecule has 130 valence electrons. The predicted octanol–water partition coefficient (Wildman–Crippen LogP) is 4.53. The fourth-order valence-electron chi connectivity index (χ4n) is 3.63. The molecule has 0 spiro atoms. The van der Waals surface area contributed by atoms with E-state index in [9.17, 15) is 0 Å². The quantitative estimate of drug-likeness (QED) is 0.733. The third-order valence-electron chi connectivity index (χ3n) is 5.00. The van der Waals surface area contributed by atoms with Crippen molar-refractivity contribution in [3.05, 3.63) is 58.5 Å². The monoisotopic (exact) mass is 353 g/mol. The zero-order valence-electron chi connectivity index (χ0n) is 14.4. The maximum absolute atomic E-state index is 5.37. The maximum atomic E-state index is 5.37. The number of aromatic nitrogens is 2. The van der Waals surface area contributed by atoms with Crippen molar-refractivity contribution >= 4 is 11.3 Å². The Morgan fingerprint density at radius 3 is 2.88 bits per heavy atom. The van der Waals surface area contributed by atoms with Gasteiger partial charge < -0.3 is 4.74 Å². The average Bonchev–Trinajstić information content (AvgIpc) is 3.34. The van der Waals surface area contributed by atoms with Crippen LogP contribution in [0.3, 0.4) is 0 Å².